The molecule has 1 aliphatic rings. The minimum atomic E-state index is -0.569. The second-order valence-electron chi connectivity index (χ2n) is 6.61. The van der Waals surface area contributed by atoms with Gasteiger partial charge < -0.3 is 20.8 Å². The van der Waals surface area contributed by atoms with Crippen LogP contribution in [-0.2, 0) is 6.54 Å². The molecule has 1 saturated heterocycles. The molecule has 8 heteroatoms. The fourth-order valence-electron chi connectivity index (χ4n) is 3.38. The Kier molecular flexibility index (Phi) is 8.78. The Morgan fingerprint density at radius 3 is 2.50 bits per heavy atom. The Labute approximate surface area is 182 Å². The van der Waals surface area contributed by atoms with Crippen molar-refractivity contribution in [2.75, 3.05) is 26.7 Å². The highest BCUT2D eigenvalue weighted by atomic mass is 127. The number of benzene rings is 1. The summed E-state index contributed by atoms with van der Waals surface area (Å²) in [5.74, 6) is 0.908. The summed E-state index contributed by atoms with van der Waals surface area (Å²) in [5.41, 5.74) is 6.52. The Morgan fingerprint density at radius 2 is 1.89 bits per heavy atom. The van der Waals surface area contributed by atoms with Crippen LogP contribution in [0.3, 0.4) is 0 Å². The highest BCUT2D eigenvalue weighted by Crippen LogP contribution is 2.24. The number of carbonyl (C=O) groups is 1. The van der Waals surface area contributed by atoms with E-state index < -0.39 is 5.91 Å². The number of nitrogens with one attached hydrogen (secondary N) is 2. The zero-order chi connectivity index (χ0) is 19.1. The number of hydrogen-bond acceptors (Lipinski definition) is 4. The van der Waals surface area contributed by atoms with E-state index in [1.165, 1.54) is 18.4 Å². The Bertz CT molecular complexity index is 772. The van der Waals surface area contributed by atoms with Crippen LogP contribution in [0.5, 0.6) is 0 Å². The second kappa shape index (κ2) is 11.1. The maximum absolute atomic E-state index is 11.1. The molecular formula is C20H28IN5O2. The summed E-state index contributed by atoms with van der Waals surface area (Å²) in [6.07, 6.45) is 2.49. The van der Waals surface area contributed by atoms with Crippen molar-refractivity contribution >= 4 is 35.8 Å². The monoisotopic (exact) mass is 497 g/mol. The third-order valence-corrected chi connectivity index (χ3v) is 4.79. The number of hydrogen-bond donors (Lipinski definition) is 3. The van der Waals surface area contributed by atoms with Crippen LogP contribution in [-0.4, -0.2) is 43.4 Å². The van der Waals surface area contributed by atoms with Crippen LogP contribution in [0.15, 0.2) is 51.9 Å². The molecule has 0 aliphatic carbocycles. The molecular weight excluding hydrogens is 469 g/mol. The Balaban J connectivity index is 0.00000280. The molecule has 2 aromatic rings. The van der Waals surface area contributed by atoms with Gasteiger partial charge in [0.25, 0.3) is 5.91 Å². The topological polar surface area (TPSA) is 95.9 Å². The molecule has 1 fully saturated rings. The van der Waals surface area contributed by atoms with Gasteiger partial charge in [0.05, 0.1) is 12.6 Å². The molecule has 4 N–H and O–H groups in total. The molecule has 0 bridgehead atoms. The fraction of sp³-hybridized carbons (Fsp3) is 0.400. The Hall–Kier alpha value is -2.07. The van der Waals surface area contributed by atoms with E-state index in [9.17, 15) is 4.79 Å². The van der Waals surface area contributed by atoms with E-state index in [2.05, 4.69) is 44.8 Å². The maximum Gasteiger partial charge on any atom is 0.284 e. The first-order valence-electron chi connectivity index (χ1n) is 9.29. The lowest BCUT2D eigenvalue weighted by molar-refractivity contribution is 0.0972. The van der Waals surface area contributed by atoms with Gasteiger partial charge in [-0.15, -0.1) is 24.0 Å². The maximum atomic E-state index is 11.1. The largest absolute Gasteiger partial charge is 0.454 e. The molecule has 0 saturated carbocycles. The number of likely N-dealkylation sites (tertiary alicyclic amines) is 1. The molecule has 2 heterocycles. The quantitative estimate of drug-likeness (QED) is 0.311. The van der Waals surface area contributed by atoms with Crippen molar-refractivity contribution < 1.29 is 9.21 Å². The highest BCUT2D eigenvalue weighted by molar-refractivity contribution is 14.0. The summed E-state index contributed by atoms with van der Waals surface area (Å²) in [4.78, 5) is 17.9. The van der Waals surface area contributed by atoms with Crippen LogP contribution in [0.1, 0.15) is 40.8 Å². The summed E-state index contributed by atoms with van der Waals surface area (Å²) in [5, 5.41) is 6.62. The first-order chi connectivity index (χ1) is 13.2. The van der Waals surface area contributed by atoms with Crippen LogP contribution in [0.25, 0.3) is 0 Å². The number of furan rings is 1. The first-order valence-corrected chi connectivity index (χ1v) is 9.29. The van der Waals surface area contributed by atoms with Gasteiger partial charge in [0.2, 0.25) is 0 Å². The number of aliphatic imine (C=N–C) groups is 1. The van der Waals surface area contributed by atoms with Crippen molar-refractivity contribution in [3.8, 4) is 0 Å². The van der Waals surface area contributed by atoms with E-state index in [1.807, 2.05) is 6.07 Å². The molecule has 1 aromatic carbocycles. The van der Waals surface area contributed by atoms with Crippen LogP contribution in [0.4, 0.5) is 0 Å². The number of primary amides is 1. The van der Waals surface area contributed by atoms with Crippen LogP contribution in [0, 0.1) is 0 Å². The van der Waals surface area contributed by atoms with Gasteiger partial charge in [-0.3, -0.25) is 14.7 Å². The molecule has 7 nitrogen and oxygen atoms in total. The number of guanidine groups is 1. The average Bonchev–Trinajstić information content (AvgIpc) is 3.37. The second-order valence-corrected chi connectivity index (χ2v) is 6.61. The lowest BCUT2D eigenvalue weighted by Gasteiger charge is -2.28. The summed E-state index contributed by atoms with van der Waals surface area (Å²) in [6.45, 7) is 3.42. The predicted molar refractivity (Wildman–Crippen MR) is 121 cm³/mol. The van der Waals surface area contributed by atoms with Gasteiger partial charge in [0.1, 0.15) is 5.76 Å². The van der Waals surface area contributed by atoms with E-state index in [0.717, 1.165) is 19.6 Å². The van der Waals surface area contributed by atoms with Crippen molar-refractivity contribution in [1.29, 1.82) is 0 Å². The van der Waals surface area contributed by atoms with E-state index in [4.69, 9.17) is 10.2 Å². The van der Waals surface area contributed by atoms with Crippen LogP contribution < -0.4 is 16.4 Å². The minimum absolute atomic E-state index is 0. The molecule has 1 amide bonds. The zero-order valence-corrected chi connectivity index (χ0v) is 18.4. The molecule has 1 atom stereocenters. The van der Waals surface area contributed by atoms with E-state index >= 15 is 0 Å². The summed E-state index contributed by atoms with van der Waals surface area (Å²) in [7, 11) is 1.74. The van der Waals surface area contributed by atoms with Crippen molar-refractivity contribution in [2.24, 2.45) is 10.7 Å². The Morgan fingerprint density at radius 1 is 1.18 bits per heavy atom. The molecule has 28 heavy (non-hydrogen) atoms. The number of carbonyl (C=O) groups excluding carboxylic acids is 1. The lowest BCUT2D eigenvalue weighted by Crippen LogP contribution is -2.42. The molecule has 152 valence electrons. The standard InChI is InChI=1S/C20H27N5O2.HI/c1-22-20(23-13-16-9-10-18(27-16)19(21)26)24-14-17(25-11-5-6-12-25)15-7-3-2-4-8-15;/h2-4,7-10,17H,5-6,11-14H2,1H3,(H2,21,26)(H2,22,23,24);1H. The first kappa shape index (κ1) is 22.2. The third kappa shape index (κ3) is 5.96. The van der Waals surface area contributed by atoms with Gasteiger partial charge in [-0.2, -0.15) is 0 Å². The van der Waals surface area contributed by atoms with Crippen molar-refractivity contribution in [2.45, 2.75) is 25.4 Å². The van der Waals surface area contributed by atoms with Crippen molar-refractivity contribution in [3.05, 3.63) is 59.5 Å². The van der Waals surface area contributed by atoms with E-state index in [0.29, 0.717) is 24.3 Å². The number of nitrogens with zero attached hydrogens (tertiary/aromatic N) is 2. The highest BCUT2D eigenvalue weighted by Gasteiger charge is 2.23. The summed E-state index contributed by atoms with van der Waals surface area (Å²) >= 11 is 0. The molecule has 1 unspecified atom stereocenters. The van der Waals surface area contributed by atoms with E-state index in [1.54, 1.807) is 19.2 Å². The van der Waals surface area contributed by atoms with Gasteiger partial charge in [-0.05, 0) is 43.6 Å². The third-order valence-electron chi connectivity index (χ3n) is 4.79. The lowest BCUT2D eigenvalue weighted by atomic mass is 10.1. The number of nitrogens with two attached hydrogens (primary N) is 1. The normalized spacial score (nSPS) is 15.7. The molecule has 3 rings (SSSR count). The number of amides is 1. The van der Waals surface area contributed by atoms with Gasteiger partial charge in [0.15, 0.2) is 11.7 Å². The summed E-state index contributed by atoms with van der Waals surface area (Å²) in [6, 6.07) is 14.2. The zero-order valence-electron chi connectivity index (χ0n) is 16.1. The molecule has 1 aliphatic heterocycles. The molecule has 1 aromatic heterocycles. The van der Waals surface area contributed by atoms with Crippen molar-refractivity contribution in [3.63, 3.8) is 0 Å². The smallest absolute Gasteiger partial charge is 0.284 e. The summed E-state index contributed by atoms with van der Waals surface area (Å²) < 4.78 is 5.39. The van der Waals surface area contributed by atoms with Gasteiger partial charge in [-0.1, -0.05) is 30.3 Å². The van der Waals surface area contributed by atoms with Crippen molar-refractivity contribution in [1.82, 2.24) is 15.5 Å². The molecule has 0 radical (unpaired) electrons. The van der Waals surface area contributed by atoms with Gasteiger partial charge in [-0.25, -0.2) is 0 Å². The van der Waals surface area contributed by atoms with E-state index in [-0.39, 0.29) is 29.7 Å². The van der Waals surface area contributed by atoms with Crippen LogP contribution >= 0.6 is 24.0 Å². The molecule has 0 spiro atoms. The number of halogens is 1. The SMILES string of the molecule is CN=C(NCc1ccc(C(N)=O)o1)NCC(c1ccccc1)N1CCCC1.I. The predicted octanol–water partition coefficient (Wildman–Crippen LogP) is 2.50. The minimum Gasteiger partial charge on any atom is -0.454 e. The fourth-order valence-corrected chi connectivity index (χ4v) is 3.38. The van der Waals surface area contributed by atoms with Crippen LogP contribution in [0.2, 0.25) is 0 Å². The van der Waals surface area contributed by atoms with Gasteiger partial charge in [0, 0.05) is 13.6 Å². The average molecular weight is 497 g/mol. The number of rotatable bonds is 7. The van der Waals surface area contributed by atoms with Gasteiger partial charge >= 0.3 is 0 Å².